The Labute approximate surface area is 128 Å². The molecule has 2 aromatic rings. The van der Waals surface area contributed by atoms with Crippen LogP contribution in [-0.4, -0.2) is 29.5 Å². The standard InChI is InChI=1S/C17H15NO2S/c1-2-6-12(7-3-1)16-17(21-11-18-16)15-10-19-13-8-4-5-9-14(13)20-15/h1-9,15,17H,10-11H2. The first-order chi connectivity index (χ1) is 10.4. The van der Waals surface area contributed by atoms with E-state index < -0.39 is 0 Å². The second-order valence-electron chi connectivity index (χ2n) is 5.04. The van der Waals surface area contributed by atoms with Crippen LogP contribution in [0.3, 0.4) is 0 Å². The van der Waals surface area contributed by atoms with Crippen LogP contribution in [0.2, 0.25) is 0 Å². The molecule has 3 nitrogen and oxygen atoms in total. The molecule has 2 unspecified atom stereocenters. The van der Waals surface area contributed by atoms with E-state index in [1.165, 1.54) is 5.56 Å². The van der Waals surface area contributed by atoms with Gasteiger partial charge in [0.15, 0.2) is 17.6 Å². The highest BCUT2D eigenvalue weighted by Crippen LogP contribution is 2.36. The van der Waals surface area contributed by atoms with Gasteiger partial charge in [0.25, 0.3) is 0 Å². The Hall–Kier alpha value is -1.94. The van der Waals surface area contributed by atoms with Gasteiger partial charge in [-0.15, -0.1) is 11.8 Å². The molecule has 4 rings (SSSR count). The van der Waals surface area contributed by atoms with Gasteiger partial charge in [0.05, 0.1) is 16.8 Å². The fourth-order valence-corrected chi connectivity index (χ4v) is 3.78. The van der Waals surface area contributed by atoms with Gasteiger partial charge in [0.2, 0.25) is 0 Å². The molecule has 2 atom stereocenters. The third kappa shape index (κ3) is 2.40. The molecule has 0 N–H and O–H groups in total. The van der Waals surface area contributed by atoms with E-state index in [0.29, 0.717) is 6.61 Å². The summed E-state index contributed by atoms with van der Waals surface area (Å²) >= 11 is 1.82. The van der Waals surface area contributed by atoms with Crippen molar-refractivity contribution in [1.82, 2.24) is 0 Å². The largest absolute Gasteiger partial charge is 0.486 e. The molecule has 0 aromatic heterocycles. The summed E-state index contributed by atoms with van der Waals surface area (Å²) in [4.78, 5) is 4.66. The number of hydrogen-bond acceptors (Lipinski definition) is 4. The lowest BCUT2D eigenvalue weighted by molar-refractivity contribution is 0.0996. The van der Waals surface area contributed by atoms with Crippen LogP contribution in [0, 0.1) is 0 Å². The monoisotopic (exact) mass is 297 g/mol. The lowest BCUT2D eigenvalue weighted by Gasteiger charge is -2.30. The number of thioether (sulfide) groups is 1. The summed E-state index contributed by atoms with van der Waals surface area (Å²) in [6.45, 7) is 0.570. The van der Waals surface area contributed by atoms with Crippen LogP contribution in [0.25, 0.3) is 0 Å². The molecule has 2 aliphatic heterocycles. The molecule has 4 heteroatoms. The van der Waals surface area contributed by atoms with Gasteiger partial charge in [0.1, 0.15) is 6.61 Å². The van der Waals surface area contributed by atoms with Gasteiger partial charge in [-0.2, -0.15) is 0 Å². The van der Waals surface area contributed by atoms with Gasteiger partial charge in [-0.25, -0.2) is 0 Å². The molecule has 2 aliphatic rings. The van der Waals surface area contributed by atoms with E-state index >= 15 is 0 Å². The maximum atomic E-state index is 6.14. The first-order valence-corrected chi connectivity index (χ1v) is 8.06. The maximum Gasteiger partial charge on any atom is 0.161 e. The number of fused-ring (bicyclic) bond motifs is 1. The Morgan fingerprint density at radius 1 is 0.952 bits per heavy atom. The average Bonchev–Trinajstić information content (AvgIpc) is 3.05. The number of hydrogen-bond donors (Lipinski definition) is 0. The van der Waals surface area contributed by atoms with E-state index in [9.17, 15) is 0 Å². The summed E-state index contributed by atoms with van der Waals surface area (Å²) in [5, 5.41) is 0.223. The summed E-state index contributed by atoms with van der Waals surface area (Å²) in [5.41, 5.74) is 2.29. The van der Waals surface area contributed by atoms with Crippen molar-refractivity contribution in [2.75, 3.05) is 12.5 Å². The normalized spacial score (nSPS) is 23.7. The summed E-state index contributed by atoms with van der Waals surface area (Å²) in [5.74, 6) is 2.44. The lowest BCUT2D eigenvalue weighted by Crippen LogP contribution is -2.41. The van der Waals surface area contributed by atoms with E-state index in [4.69, 9.17) is 9.47 Å². The molecular weight excluding hydrogens is 282 g/mol. The van der Waals surface area contributed by atoms with Crippen molar-refractivity contribution in [1.29, 1.82) is 0 Å². The van der Waals surface area contributed by atoms with Crippen molar-refractivity contribution in [3.05, 3.63) is 60.2 Å². The summed E-state index contributed by atoms with van der Waals surface area (Å²) < 4.78 is 12.0. The predicted octanol–water partition coefficient (Wildman–Crippen LogP) is 3.39. The number of benzene rings is 2. The number of aliphatic imine (C=N–C) groups is 1. The van der Waals surface area contributed by atoms with Crippen molar-refractivity contribution < 1.29 is 9.47 Å². The Morgan fingerprint density at radius 3 is 2.57 bits per heavy atom. The van der Waals surface area contributed by atoms with Crippen molar-refractivity contribution in [2.45, 2.75) is 11.4 Å². The number of nitrogens with zero attached hydrogens (tertiary/aromatic N) is 1. The molecule has 0 amide bonds. The highest BCUT2D eigenvalue weighted by molar-refractivity contribution is 8.01. The second-order valence-corrected chi connectivity index (χ2v) is 6.14. The van der Waals surface area contributed by atoms with Crippen LogP contribution in [0.15, 0.2) is 59.6 Å². The number of rotatable bonds is 2. The topological polar surface area (TPSA) is 30.8 Å². The summed E-state index contributed by atoms with van der Waals surface area (Å²) in [7, 11) is 0. The molecule has 0 saturated heterocycles. The molecule has 0 radical (unpaired) electrons. The Balaban J connectivity index is 1.59. The zero-order valence-corrected chi connectivity index (χ0v) is 12.3. The molecule has 0 saturated carbocycles. The predicted molar refractivity (Wildman–Crippen MR) is 85.6 cm³/mol. The zero-order chi connectivity index (χ0) is 14.1. The first-order valence-electron chi connectivity index (χ1n) is 7.02. The number of para-hydroxylation sites is 2. The zero-order valence-electron chi connectivity index (χ0n) is 11.4. The van der Waals surface area contributed by atoms with Crippen molar-refractivity contribution in [2.24, 2.45) is 4.99 Å². The van der Waals surface area contributed by atoms with Gasteiger partial charge in [0, 0.05) is 0 Å². The Morgan fingerprint density at radius 2 is 1.71 bits per heavy atom. The first kappa shape index (κ1) is 12.8. The van der Waals surface area contributed by atoms with Crippen LogP contribution in [0.1, 0.15) is 5.56 Å². The fourth-order valence-electron chi connectivity index (χ4n) is 2.69. The minimum Gasteiger partial charge on any atom is -0.486 e. The maximum absolute atomic E-state index is 6.14. The SMILES string of the molecule is c1ccc(C2=NCSC2C2COc3ccccc3O2)cc1. The molecule has 0 spiro atoms. The van der Waals surface area contributed by atoms with Crippen LogP contribution < -0.4 is 9.47 Å². The van der Waals surface area contributed by atoms with Crippen molar-refractivity contribution in [3.8, 4) is 11.5 Å². The minimum atomic E-state index is 0.00589. The van der Waals surface area contributed by atoms with Crippen molar-refractivity contribution >= 4 is 17.5 Å². The molecule has 0 bridgehead atoms. The summed E-state index contributed by atoms with van der Waals surface area (Å²) in [6.07, 6.45) is 0.00589. The van der Waals surface area contributed by atoms with Gasteiger partial charge < -0.3 is 9.47 Å². The molecule has 106 valence electrons. The summed E-state index contributed by atoms with van der Waals surface area (Å²) in [6, 6.07) is 18.2. The molecule has 0 aliphatic carbocycles. The molecular formula is C17H15NO2S. The van der Waals surface area contributed by atoms with E-state index in [2.05, 4.69) is 17.1 Å². The Kier molecular flexibility index (Phi) is 3.31. The fraction of sp³-hybridized carbons (Fsp3) is 0.235. The minimum absolute atomic E-state index is 0.00589. The molecule has 21 heavy (non-hydrogen) atoms. The van der Waals surface area contributed by atoms with Gasteiger partial charge in [-0.3, -0.25) is 4.99 Å². The highest BCUT2D eigenvalue weighted by atomic mass is 32.2. The Bertz CT molecular complexity index is 672. The van der Waals surface area contributed by atoms with E-state index in [1.807, 2.05) is 54.2 Å². The van der Waals surface area contributed by atoms with Gasteiger partial charge >= 0.3 is 0 Å². The van der Waals surface area contributed by atoms with Gasteiger partial charge in [-0.05, 0) is 17.7 Å². The van der Waals surface area contributed by atoms with Gasteiger partial charge in [-0.1, -0.05) is 42.5 Å². The van der Waals surface area contributed by atoms with E-state index in [1.54, 1.807) is 0 Å². The number of ether oxygens (including phenoxy) is 2. The average molecular weight is 297 g/mol. The second kappa shape index (κ2) is 5.45. The van der Waals surface area contributed by atoms with Crippen LogP contribution in [-0.2, 0) is 0 Å². The van der Waals surface area contributed by atoms with Crippen LogP contribution in [0.4, 0.5) is 0 Å². The van der Waals surface area contributed by atoms with Crippen LogP contribution in [0.5, 0.6) is 11.5 Å². The van der Waals surface area contributed by atoms with E-state index in [-0.39, 0.29) is 11.4 Å². The third-order valence-corrected chi connectivity index (χ3v) is 4.86. The third-order valence-electron chi connectivity index (χ3n) is 3.70. The molecule has 2 heterocycles. The van der Waals surface area contributed by atoms with E-state index in [0.717, 1.165) is 23.1 Å². The smallest absolute Gasteiger partial charge is 0.161 e. The molecule has 0 fully saturated rings. The quantitative estimate of drug-likeness (QED) is 0.851. The lowest BCUT2D eigenvalue weighted by atomic mass is 10.0. The van der Waals surface area contributed by atoms with Crippen LogP contribution >= 0.6 is 11.8 Å². The highest BCUT2D eigenvalue weighted by Gasteiger charge is 2.35. The van der Waals surface area contributed by atoms with Crippen molar-refractivity contribution in [3.63, 3.8) is 0 Å². The molecule has 2 aromatic carbocycles.